The van der Waals surface area contributed by atoms with Crippen molar-refractivity contribution in [2.75, 3.05) is 13.7 Å². The maximum atomic E-state index is 12.1. The van der Waals surface area contributed by atoms with Gasteiger partial charge in [0.25, 0.3) is 0 Å². The first-order valence-electron chi connectivity index (χ1n) is 7.31. The highest BCUT2D eigenvalue weighted by molar-refractivity contribution is 7.89. The van der Waals surface area contributed by atoms with Crippen molar-refractivity contribution in [3.05, 3.63) is 47.5 Å². The Balaban J connectivity index is 2.50. The Bertz CT molecular complexity index is 800. The molecule has 0 amide bonds. The van der Waals surface area contributed by atoms with Gasteiger partial charge in [-0.3, -0.25) is 0 Å². The number of methoxy groups -OCH3 is 1. The summed E-state index contributed by atoms with van der Waals surface area (Å²) in [5.74, 6) is 0.668. The molecule has 124 valence electrons. The van der Waals surface area contributed by atoms with Crippen molar-refractivity contribution in [1.82, 2.24) is 4.72 Å². The number of aryl methyl sites for hydroxylation is 1. The minimum Gasteiger partial charge on any atom is -0.497 e. The van der Waals surface area contributed by atoms with Gasteiger partial charge in [0.2, 0.25) is 10.0 Å². The third-order valence-electron chi connectivity index (χ3n) is 3.62. The molecule has 23 heavy (non-hydrogen) atoms. The monoisotopic (exact) mass is 335 g/mol. The molecule has 0 radical (unpaired) electrons. The quantitative estimate of drug-likeness (QED) is 0.850. The zero-order valence-electron chi connectivity index (χ0n) is 13.5. The van der Waals surface area contributed by atoms with Gasteiger partial charge in [-0.2, -0.15) is 0 Å². The van der Waals surface area contributed by atoms with Gasteiger partial charge in [0.1, 0.15) is 5.75 Å². The summed E-state index contributed by atoms with van der Waals surface area (Å²) >= 11 is 0. The van der Waals surface area contributed by atoms with Gasteiger partial charge in [0.05, 0.1) is 18.6 Å². The van der Waals surface area contributed by atoms with E-state index in [1.165, 1.54) is 0 Å². The van der Waals surface area contributed by atoms with Crippen LogP contribution in [0.5, 0.6) is 5.75 Å². The largest absolute Gasteiger partial charge is 0.497 e. The molecule has 0 saturated carbocycles. The topological polar surface area (TPSA) is 75.6 Å². The van der Waals surface area contributed by atoms with Crippen LogP contribution in [0.25, 0.3) is 11.1 Å². The molecule has 0 fully saturated rings. The molecule has 0 unspecified atom stereocenters. The van der Waals surface area contributed by atoms with Crippen molar-refractivity contribution in [3.63, 3.8) is 0 Å². The number of rotatable bonds is 6. The SMILES string of the molecule is CCNS(=O)(=O)c1ccc(-c2ccc(OC)cc2CO)c(C)c1. The summed E-state index contributed by atoms with van der Waals surface area (Å²) in [5, 5.41) is 9.58. The van der Waals surface area contributed by atoms with E-state index < -0.39 is 10.0 Å². The molecule has 0 spiro atoms. The van der Waals surface area contributed by atoms with E-state index in [1.807, 2.05) is 19.1 Å². The first-order chi connectivity index (χ1) is 10.9. The molecule has 0 aromatic heterocycles. The maximum absolute atomic E-state index is 12.1. The van der Waals surface area contributed by atoms with Gasteiger partial charge in [0, 0.05) is 6.54 Å². The van der Waals surface area contributed by atoms with E-state index >= 15 is 0 Å². The normalized spacial score (nSPS) is 11.5. The number of hydrogen-bond donors (Lipinski definition) is 2. The molecule has 0 aliphatic carbocycles. The first-order valence-corrected chi connectivity index (χ1v) is 8.79. The van der Waals surface area contributed by atoms with Gasteiger partial charge in [0.15, 0.2) is 0 Å². The molecule has 2 aromatic rings. The van der Waals surface area contributed by atoms with Crippen LogP contribution in [0.1, 0.15) is 18.1 Å². The van der Waals surface area contributed by atoms with Crippen molar-refractivity contribution in [3.8, 4) is 16.9 Å². The second-order valence-electron chi connectivity index (χ2n) is 5.16. The van der Waals surface area contributed by atoms with E-state index in [2.05, 4.69) is 4.72 Å². The highest BCUT2D eigenvalue weighted by Gasteiger charge is 2.15. The van der Waals surface area contributed by atoms with Gasteiger partial charge >= 0.3 is 0 Å². The van der Waals surface area contributed by atoms with E-state index in [9.17, 15) is 13.5 Å². The van der Waals surface area contributed by atoms with Gasteiger partial charge in [-0.05, 0) is 53.4 Å². The van der Waals surface area contributed by atoms with Crippen molar-refractivity contribution in [2.24, 2.45) is 0 Å². The van der Waals surface area contributed by atoms with E-state index in [1.54, 1.807) is 38.3 Å². The Morgan fingerprint density at radius 3 is 2.39 bits per heavy atom. The van der Waals surface area contributed by atoms with Crippen molar-refractivity contribution >= 4 is 10.0 Å². The molecule has 0 aliphatic heterocycles. The Kier molecular flexibility index (Phi) is 5.41. The minimum absolute atomic E-state index is 0.122. The molecular weight excluding hydrogens is 314 g/mol. The summed E-state index contributed by atoms with van der Waals surface area (Å²) in [6.07, 6.45) is 0. The van der Waals surface area contributed by atoms with Crippen LogP contribution in [-0.2, 0) is 16.6 Å². The van der Waals surface area contributed by atoms with Crippen molar-refractivity contribution in [2.45, 2.75) is 25.3 Å². The number of aliphatic hydroxyl groups is 1. The Morgan fingerprint density at radius 2 is 1.83 bits per heavy atom. The molecular formula is C17H21NO4S. The Morgan fingerprint density at radius 1 is 1.13 bits per heavy atom. The molecule has 2 rings (SSSR count). The average Bonchev–Trinajstić information content (AvgIpc) is 2.54. The minimum atomic E-state index is -3.48. The fourth-order valence-corrected chi connectivity index (χ4v) is 3.60. The lowest BCUT2D eigenvalue weighted by atomic mass is 9.96. The standard InChI is InChI=1S/C17H21NO4S/c1-4-18-23(20,21)15-6-8-16(12(2)9-15)17-7-5-14(22-3)10-13(17)11-19/h5-10,18-19H,4,11H2,1-3H3. The number of sulfonamides is 1. The number of nitrogens with one attached hydrogen (secondary N) is 1. The number of ether oxygens (including phenoxy) is 1. The van der Waals surface area contributed by atoms with Crippen LogP contribution in [0.3, 0.4) is 0 Å². The average molecular weight is 335 g/mol. The summed E-state index contributed by atoms with van der Waals surface area (Å²) in [6.45, 7) is 3.81. The number of hydrogen-bond acceptors (Lipinski definition) is 4. The molecule has 0 heterocycles. The first kappa shape index (κ1) is 17.5. The Hall–Kier alpha value is -1.89. The summed E-state index contributed by atoms with van der Waals surface area (Å²) in [6, 6.07) is 10.4. The molecule has 0 bridgehead atoms. The van der Waals surface area contributed by atoms with Gasteiger partial charge in [-0.1, -0.05) is 19.1 Å². The lowest BCUT2D eigenvalue weighted by molar-refractivity contribution is 0.281. The lowest BCUT2D eigenvalue weighted by Crippen LogP contribution is -2.23. The molecule has 6 heteroatoms. The summed E-state index contributed by atoms with van der Waals surface area (Å²) in [4.78, 5) is 0.236. The van der Waals surface area contributed by atoms with E-state index in [-0.39, 0.29) is 11.5 Å². The van der Waals surface area contributed by atoms with E-state index in [0.29, 0.717) is 12.3 Å². The highest BCUT2D eigenvalue weighted by Crippen LogP contribution is 2.31. The molecule has 5 nitrogen and oxygen atoms in total. The zero-order valence-corrected chi connectivity index (χ0v) is 14.3. The second kappa shape index (κ2) is 7.12. The highest BCUT2D eigenvalue weighted by atomic mass is 32.2. The molecule has 0 saturated heterocycles. The van der Waals surface area contributed by atoms with Crippen LogP contribution in [0.2, 0.25) is 0 Å². The zero-order chi connectivity index (χ0) is 17.0. The molecule has 0 atom stereocenters. The fraction of sp³-hybridized carbons (Fsp3) is 0.294. The number of aliphatic hydroxyl groups excluding tert-OH is 1. The number of benzene rings is 2. The fourth-order valence-electron chi connectivity index (χ4n) is 2.47. The Labute approximate surface area is 137 Å². The summed E-state index contributed by atoms with van der Waals surface area (Å²) in [5.41, 5.74) is 3.30. The van der Waals surface area contributed by atoms with Crippen LogP contribution in [0, 0.1) is 6.92 Å². The molecule has 2 aromatic carbocycles. The van der Waals surface area contributed by atoms with Gasteiger partial charge in [-0.25, -0.2) is 13.1 Å². The third-order valence-corrected chi connectivity index (χ3v) is 5.16. The van der Waals surface area contributed by atoms with Crippen LogP contribution >= 0.6 is 0 Å². The van der Waals surface area contributed by atoms with Gasteiger partial charge < -0.3 is 9.84 Å². The van der Waals surface area contributed by atoms with Gasteiger partial charge in [-0.15, -0.1) is 0 Å². The smallest absolute Gasteiger partial charge is 0.240 e. The van der Waals surface area contributed by atoms with Crippen LogP contribution < -0.4 is 9.46 Å². The van der Waals surface area contributed by atoms with E-state index in [4.69, 9.17) is 4.74 Å². The summed E-state index contributed by atoms with van der Waals surface area (Å²) < 4.78 is 31.8. The summed E-state index contributed by atoms with van der Waals surface area (Å²) in [7, 11) is -1.91. The third kappa shape index (κ3) is 3.72. The van der Waals surface area contributed by atoms with Crippen molar-refractivity contribution < 1.29 is 18.3 Å². The second-order valence-corrected chi connectivity index (χ2v) is 6.93. The maximum Gasteiger partial charge on any atom is 0.240 e. The van der Waals surface area contributed by atoms with Crippen LogP contribution in [-0.4, -0.2) is 27.2 Å². The molecule has 0 aliphatic rings. The predicted molar refractivity (Wildman–Crippen MR) is 90.0 cm³/mol. The van der Waals surface area contributed by atoms with Crippen LogP contribution in [0.4, 0.5) is 0 Å². The van der Waals surface area contributed by atoms with Crippen molar-refractivity contribution in [1.29, 1.82) is 0 Å². The molecule has 2 N–H and O–H groups in total. The van der Waals surface area contributed by atoms with Crippen LogP contribution in [0.15, 0.2) is 41.3 Å². The lowest BCUT2D eigenvalue weighted by Gasteiger charge is -2.13. The predicted octanol–water partition coefficient (Wildman–Crippen LogP) is 2.46. The van der Waals surface area contributed by atoms with E-state index in [0.717, 1.165) is 22.3 Å².